The number of carbonyl (C=O) groups excluding carboxylic acids is 3. The molecule has 0 spiro atoms. The fraction of sp³-hybridized carbons (Fsp3) is 0.417. The highest BCUT2D eigenvalue weighted by atomic mass is 19.4. The van der Waals surface area contributed by atoms with Gasteiger partial charge in [-0.15, -0.1) is 0 Å². The van der Waals surface area contributed by atoms with Crippen LogP contribution in [0.3, 0.4) is 0 Å². The van der Waals surface area contributed by atoms with E-state index in [0.717, 1.165) is 11.2 Å². The standard InChI is InChI=1S/C24H23F6N7O5/c1-11-16(42-21(40)24(28,29)30)22(2,3)20(39)37(11)17-13(8-36(4)35-17)33-18(38)14-9-41-19(34-14)12-5-6-31-15(7-12)32-10-23(25,26)27/h5-9,11,16H,10H2,1-4H3,(H,31,32)(H,33,38)/t11-,16?/m0/s1. The number of aryl methyl sites for hydroxylation is 1. The molecule has 0 bridgehead atoms. The summed E-state index contributed by atoms with van der Waals surface area (Å²) in [6.07, 6.45) is -7.71. The summed E-state index contributed by atoms with van der Waals surface area (Å²) < 4.78 is 87.4. The lowest BCUT2D eigenvalue weighted by molar-refractivity contribution is -0.208. The molecule has 18 heteroatoms. The van der Waals surface area contributed by atoms with E-state index in [1.54, 1.807) is 0 Å². The van der Waals surface area contributed by atoms with Crippen molar-refractivity contribution in [3.63, 3.8) is 0 Å². The third-order valence-corrected chi connectivity index (χ3v) is 6.29. The molecule has 1 unspecified atom stereocenters. The molecule has 3 aromatic rings. The predicted octanol–water partition coefficient (Wildman–Crippen LogP) is 3.93. The molecule has 0 aliphatic carbocycles. The lowest BCUT2D eigenvalue weighted by atomic mass is 9.87. The number of nitrogens with zero attached hydrogens (tertiary/aromatic N) is 5. The Morgan fingerprint density at radius 2 is 1.88 bits per heavy atom. The zero-order valence-corrected chi connectivity index (χ0v) is 22.3. The van der Waals surface area contributed by atoms with E-state index in [1.807, 2.05) is 0 Å². The van der Waals surface area contributed by atoms with Gasteiger partial charge in [0.25, 0.3) is 5.91 Å². The lowest BCUT2D eigenvalue weighted by Crippen LogP contribution is -2.41. The second-order valence-corrected chi connectivity index (χ2v) is 9.89. The van der Waals surface area contributed by atoms with Crippen LogP contribution in [0, 0.1) is 5.41 Å². The highest BCUT2D eigenvalue weighted by Gasteiger charge is 2.57. The van der Waals surface area contributed by atoms with Crippen molar-refractivity contribution in [1.82, 2.24) is 19.7 Å². The van der Waals surface area contributed by atoms with E-state index in [0.29, 0.717) is 0 Å². The minimum Gasteiger partial charge on any atom is -0.452 e. The fourth-order valence-electron chi connectivity index (χ4n) is 4.36. The normalized spacial score (nSPS) is 18.7. The maximum atomic E-state index is 13.3. The number of hydrogen-bond donors (Lipinski definition) is 2. The number of aromatic nitrogens is 4. The summed E-state index contributed by atoms with van der Waals surface area (Å²) in [5.74, 6) is -4.33. The first kappa shape index (κ1) is 30.3. The van der Waals surface area contributed by atoms with E-state index in [-0.39, 0.29) is 34.5 Å². The number of hydrogen-bond acceptors (Lipinski definition) is 9. The van der Waals surface area contributed by atoms with Gasteiger partial charge in [0.1, 0.15) is 30.4 Å². The van der Waals surface area contributed by atoms with Crippen molar-refractivity contribution in [1.29, 1.82) is 0 Å². The van der Waals surface area contributed by atoms with Gasteiger partial charge < -0.3 is 19.8 Å². The van der Waals surface area contributed by atoms with Crippen molar-refractivity contribution < 1.29 is 49.9 Å². The van der Waals surface area contributed by atoms with Gasteiger partial charge in [0, 0.05) is 18.8 Å². The molecule has 1 saturated heterocycles. The number of pyridine rings is 1. The molecule has 12 nitrogen and oxygen atoms in total. The molecule has 42 heavy (non-hydrogen) atoms. The summed E-state index contributed by atoms with van der Waals surface area (Å²) in [6, 6.07) is 1.54. The first-order valence-electron chi connectivity index (χ1n) is 12.1. The van der Waals surface area contributed by atoms with E-state index >= 15 is 0 Å². The molecule has 0 radical (unpaired) electrons. The number of rotatable bonds is 7. The van der Waals surface area contributed by atoms with Gasteiger partial charge in [-0.05, 0) is 32.9 Å². The molecule has 3 aromatic heterocycles. The molecule has 4 heterocycles. The molecular formula is C24H23F6N7O5. The van der Waals surface area contributed by atoms with Crippen LogP contribution in [0.4, 0.5) is 43.7 Å². The summed E-state index contributed by atoms with van der Waals surface area (Å²) in [6.45, 7) is 2.69. The second-order valence-electron chi connectivity index (χ2n) is 9.89. The van der Waals surface area contributed by atoms with Crippen LogP contribution in [0.25, 0.3) is 11.5 Å². The van der Waals surface area contributed by atoms with Crippen LogP contribution in [0.1, 0.15) is 31.3 Å². The fourth-order valence-corrected chi connectivity index (χ4v) is 4.36. The highest BCUT2D eigenvalue weighted by molar-refractivity contribution is 6.08. The Morgan fingerprint density at radius 1 is 1.19 bits per heavy atom. The molecule has 2 atom stereocenters. The maximum Gasteiger partial charge on any atom is 0.490 e. The van der Waals surface area contributed by atoms with E-state index < -0.39 is 54.2 Å². The predicted molar refractivity (Wildman–Crippen MR) is 132 cm³/mol. The Labute approximate surface area is 233 Å². The van der Waals surface area contributed by atoms with Crippen molar-refractivity contribution in [3.05, 3.63) is 36.5 Å². The first-order valence-corrected chi connectivity index (χ1v) is 12.1. The van der Waals surface area contributed by atoms with Crippen molar-refractivity contribution in [2.75, 3.05) is 22.1 Å². The molecule has 0 aromatic carbocycles. The number of alkyl halides is 6. The van der Waals surface area contributed by atoms with Crippen molar-refractivity contribution in [2.45, 2.75) is 45.3 Å². The van der Waals surface area contributed by atoms with Crippen LogP contribution in [-0.2, 0) is 21.4 Å². The van der Waals surface area contributed by atoms with Gasteiger partial charge in [-0.2, -0.15) is 31.4 Å². The van der Waals surface area contributed by atoms with E-state index in [4.69, 9.17) is 4.42 Å². The monoisotopic (exact) mass is 603 g/mol. The quantitative estimate of drug-likeness (QED) is 0.303. The summed E-state index contributed by atoms with van der Waals surface area (Å²) in [5, 5.41) is 8.80. The van der Waals surface area contributed by atoms with Crippen molar-refractivity contribution in [2.24, 2.45) is 12.5 Å². The molecule has 2 amide bonds. The number of ether oxygens (including phenoxy) is 1. The number of halogens is 6. The average molecular weight is 603 g/mol. The number of carbonyl (C=O) groups is 3. The minimum atomic E-state index is -5.27. The van der Waals surface area contributed by atoms with Gasteiger partial charge in [0.2, 0.25) is 11.8 Å². The molecule has 0 saturated carbocycles. The zero-order valence-electron chi connectivity index (χ0n) is 22.3. The number of amides is 2. The Bertz CT molecular complexity index is 1510. The molecule has 1 aliphatic rings. The maximum absolute atomic E-state index is 13.3. The Kier molecular flexibility index (Phi) is 7.68. The van der Waals surface area contributed by atoms with Crippen LogP contribution >= 0.6 is 0 Å². The molecule has 226 valence electrons. The van der Waals surface area contributed by atoms with Gasteiger partial charge in [-0.1, -0.05) is 0 Å². The van der Waals surface area contributed by atoms with Crippen molar-refractivity contribution in [3.8, 4) is 11.5 Å². The minimum absolute atomic E-state index is 0.0200. The molecular weight excluding hydrogens is 580 g/mol. The molecule has 1 fully saturated rings. The Balaban J connectivity index is 1.54. The van der Waals surface area contributed by atoms with Crippen LogP contribution in [0.5, 0.6) is 0 Å². The van der Waals surface area contributed by atoms with Crippen LogP contribution < -0.4 is 15.5 Å². The van der Waals surface area contributed by atoms with Gasteiger partial charge in [-0.3, -0.25) is 19.2 Å². The van der Waals surface area contributed by atoms with Crippen LogP contribution in [0.2, 0.25) is 0 Å². The largest absolute Gasteiger partial charge is 0.490 e. The SMILES string of the molecule is C[C@H]1C(OC(=O)C(F)(F)F)C(C)(C)C(=O)N1c1nn(C)cc1NC(=O)c1coc(-c2ccnc(NCC(F)(F)F)c2)n1. The molecule has 2 N–H and O–H groups in total. The third kappa shape index (κ3) is 6.15. The number of nitrogens with one attached hydrogen (secondary N) is 2. The molecule has 1 aliphatic heterocycles. The Hall–Kier alpha value is -4.64. The molecule has 4 rings (SSSR count). The smallest absolute Gasteiger partial charge is 0.452 e. The number of anilines is 3. The van der Waals surface area contributed by atoms with Crippen LogP contribution in [0.15, 0.2) is 35.2 Å². The second kappa shape index (κ2) is 10.6. The van der Waals surface area contributed by atoms with E-state index in [2.05, 4.69) is 30.4 Å². The van der Waals surface area contributed by atoms with E-state index in [1.165, 1.54) is 57.0 Å². The summed E-state index contributed by atoms with van der Waals surface area (Å²) in [7, 11) is 1.47. The van der Waals surface area contributed by atoms with Gasteiger partial charge in [0.15, 0.2) is 11.5 Å². The summed E-state index contributed by atoms with van der Waals surface area (Å²) in [5.41, 5.74) is -1.62. The van der Waals surface area contributed by atoms with Gasteiger partial charge >= 0.3 is 18.3 Å². The lowest BCUT2D eigenvalue weighted by Gasteiger charge is -2.26. The Morgan fingerprint density at radius 3 is 2.52 bits per heavy atom. The van der Waals surface area contributed by atoms with Gasteiger partial charge in [-0.25, -0.2) is 14.8 Å². The van der Waals surface area contributed by atoms with Crippen LogP contribution in [-0.4, -0.2) is 68.6 Å². The number of esters is 1. The van der Waals surface area contributed by atoms with E-state index in [9.17, 15) is 40.7 Å². The van der Waals surface area contributed by atoms with Crippen molar-refractivity contribution >= 4 is 35.1 Å². The summed E-state index contributed by atoms with van der Waals surface area (Å²) >= 11 is 0. The topological polar surface area (TPSA) is 144 Å². The highest BCUT2D eigenvalue weighted by Crippen LogP contribution is 2.43. The summed E-state index contributed by atoms with van der Waals surface area (Å²) in [4.78, 5) is 46.7. The van der Waals surface area contributed by atoms with Gasteiger partial charge in [0.05, 0.1) is 17.7 Å². The number of oxazole rings is 1. The third-order valence-electron chi connectivity index (χ3n) is 6.29. The zero-order chi connectivity index (χ0) is 31.2. The average Bonchev–Trinajstić information content (AvgIpc) is 3.55. The first-order chi connectivity index (χ1) is 19.4.